The predicted molar refractivity (Wildman–Crippen MR) is 77.1 cm³/mol. The molecule has 0 saturated carbocycles. The van der Waals surface area contributed by atoms with Crippen molar-refractivity contribution in [2.24, 2.45) is 5.92 Å². The van der Waals surface area contributed by atoms with Crippen molar-refractivity contribution in [2.75, 3.05) is 39.2 Å². The van der Waals surface area contributed by atoms with E-state index < -0.39 is 10.0 Å². The van der Waals surface area contributed by atoms with Crippen molar-refractivity contribution in [2.45, 2.75) is 18.7 Å². The normalized spacial score (nSPS) is 12.1. The molecule has 0 bridgehead atoms. The average Bonchev–Trinajstić information content (AvgIpc) is 2.43. The smallest absolute Gasteiger partial charge is 0.246 e. The van der Waals surface area contributed by atoms with Gasteiger partial charge in [0.05, 0.1) is 19.0 Å². The first-order valence-corrected chi connectivity index (χ1v) is 7.84. The molecule has 0 aliphatic heterocycles. The molecule has 0 fully saturated rings. The molecule has 1 heterocycles. The molecule has 0 aliphatic carbocycles. The van der Waals surface area contributed by atoms with Crippen molar-refractivity contribution >= 4 is 16.0 Å². The van der Waals surface area contributed by atoms with Crippen LogP contribution in [0, 0.1) is 5.92 Å². The van der Waals surface area contributed by atoms with Crippen LogP contribution in [0.2, 0.25) is 0 Å². The molecule has 8 heteroatoms. The molecule has 0 aliphatic rings. The minimum Gasteiger partial charge on any atom is -0.383 e. The van der Waals surface area contributed by atoms with Crippen molar-refractivity contribution in [1.29, 1.82) is 0 Å². The maximum Gasteiger partial charge on any atom is 0.246 e. The number of methoxy groups -OCH3 is 1. The van der Waals surface area contributed by atoms with E-state index in [1.54, 1.807) is 14.2 Å². The Hall–Kier alpha value is -1.25. The SMILES string of the molecule is CNc1ncc(S(=O)(=O)N(CCOC)CC(C)C)cn1. The first kappa shape index (κ1) is 16.8. The van der Waals surface area contributed by atoms with Gasteiger partial charge in [0.2, 0.25) is 16.0 Å². The Morgan fingerprint density at radius 3 is 2.40 bits per heavy atom. The van der Waals surface area contributed by atoms with E-state index in [0.717, 1.165) is 0 Å². The van der Waals surface area contributed by atoms with Crippen molar-refractivity contribution in [1.82, 2.24) is 14.3 Å². The minimum atomic E-state index is -3.59. The molecule has 0 aromatic carbocycles. The van der Waals surface area contributed by atoms with Crippen LogP contribution in [0.3, 0.4) is 0 Å². The quantitative estimate of drug-likeness (QED) is 0.765. The maximum atomic E-state index is 12.5. The number of anilines is 1. The van der Waals surface area contributed by atoms with Crippen LogP contribution in [-0.4, -0.2) is 56.5 Å². The number of ether oxygens (including phenoxy) is 1. The summed E-state index contributed by atoms with van der Waals surface area (Å²) in [6.45, 7) is 5.03. The highest BCUT2D eigenvalue weighted by Crippen LogP contribution is 2.16. The van der Waals surface area contributed by atoms with Crippen LogP contribution in [0.25, 0.3) is 0 Å². The molecule has 0 unspecified atom stereocenters. The van der Waals surface area contributed by atoms with Gasteiger partial charge in [0, 0.05) is 27.2 Å². The van der Waals surface area contributed by atoms with Gasteiger partial charge in [0.25, 0.3) is 0 Å². The van der Waals surface area contributed by atoms with Gasteiger partial charge in [-0.15, -0.1) is 0 Å². The third kappa shape index (κ3) is 4.39. The topological polar surface area (TPSA) is 84.4 Å². The highest BCUT2D eigenvalue weighted by atomic mass is 32.2. The second-order valence-corrected chi connectivity index (χ2v) is 6.68. The largest absolute Gasteiger partial charge is 0.383 e. The van der Waals surface area contributed by atoms with Crippen LogP contribution in [0.4, 0.5) is 5.95 Å². The highest BCUT2D eigenvalue weighted by molar-refractivity contribution is 7.89. The second-order valence-electron chi connectivity index (χ2n) is 4.74. The van der Waals surface area contributed by atoms with Crippen molar-refractivity contribution in [3.63, 3.8) is 0 Å². The molecule has 1 N–H and O–H groups in total. The Labute approximate surface area is 120 Å². The van der Waals surface area contributed by atoms with Gasteiger partial charge in [-0.3, -0.25) is 0 Å². The Balaban J connectivity index is 3.00. The van der Waals surface area contributed by atoms with E-state index >= 15 is 0 Å². The molecule has 1 aromatic rings. The van der Waals surface area contributed by atoms with Crippen LogP contribution in [0.5, 0.6) is 0 Å². The van der Waals surface area contributed by atoms with Crippen molar-refractivity contribution in [3.05, 3.63) is 12.4 Å². The first-order chi connectivity index (χ1) is 9.41. The van der Waals surface area contributed by atoms with Gasteiger partial charge in [0.1, 0.15) is 4.90 Å². The van der Waals surface area contributed by atoms with Gasteiger partial charge >= 0.3 is 0 Å². The molecule has 0 saturated heterocycles. The maximum absolute atomic E-state index is 12.5. The first-order valence-electron chi connectivity index (χ1n) is 6.40. The number of aromatic nitrogens is 2. The van der Waals surface area contributed by atoms with Gasteiger partial charge in [-0.05, 0) is 5.92 Å². The molecular weight excluding hydrogens is 280 g/mol. The monoisotopic (exact) mass is 302 g/mol. The zero-order chi connectivity index (χ0) is 15.2. The summed E-state index contributed by atoms with van der Waals surface area (Å²) in [7, 11) is -0.372. The molecule has 0 radical (unpaired) electrons. The van der Waals surface area contributed by atoms with E-state index in [2.05, 4.69) is 15.3 Å². The summed E-state index contributed by atoms with van der Waals surface area (Å²) in [6.07, 6.45) is 2.63. The van der Waals surface area contributed by atoms with Crippen LogP contribution >= 0.6 is 0 Å². The Morgan fingerprint density at radius 2 is 1.95 bits per heavy atom. The standard InChI is InChI=1S/C12H22N4O3S/c1-10(2)9-16(5-6-19-4)20(17,18)11-7-14-12(13-3)15-8-11/h7-8,10H,5-6,9H2,1-4H3,(H,13,14,15). The molecule has 0 atom stereocenters. The van der Waals surface area contributed by atoms with Crippen LogP contribution in [0.15, 0.2) is 17.3 Å². The summed E-state index contributed by atoms with van der Waals surface area (Å²) < 4.78 is 31.5. The van der Waals surface area contributed by atoms with E-state index in [9.17, 15) is 8.42 Å². The van der Waals surface area contributed by atoms with E-state index in [1.165, 1.54) is 16.7 Å². The third-order valence-electron chi connectivity index (χ3n) is 2.60. The highest BCUT2D eigenvalue weighted by Gasteiger charge is 2.25. The fraction of sp³-hybridized carbons (Fsp3) is 0.667. The number of sulfonamides is 1. The number of nitrogens with one attached hydrogen (secondary N) is 1. The lowest BCUT2D eigenvalue weighted by molar-refractivity contribution is 0.175. The molecule has 1 rings (SSSR count). The van der Waals surface area contributed by atoms with Crippen molar-refractivity contribution in [3.8, 4) is 0 Å². The number of nitrogens with zero attached hydrogens (tertiary/aromatic N) is 3. The minimum absolute atomic E-state index is 0.0910. The summed E-state index contributed by atoms with van der Waals surface area (Å²) >= 11 is 0. The number of hydrogen-bond acceptors (Lipinski definition) is 6. The molecule has 1 aromatic heterocycles. The molecule has 20 heavy (non-hydrogen) atoms. The van der Waals surface area contributed by atoms with Crippen LogP contribution < -0.4 is 5.32 Å². The van der Waals surface area contributed by atoms with Gasteiger partial charge < -0.3 is 10.1 Å². The summed E-state index contributed by atoms with van der Waals surface area (Å²) in [5.41, 5.74) is 0. The molecular formula is C12H22N4O3S. The van der Waals surface area contributed by atoms with Gasteiger partial charge in [0.15, 0.2) is 0 Å². The van der Waals surface area contributed by atoms with Crippen LogP contribution in [-0.2, 0) is 14.8 Å². The Bertz CT molecular complexity index is 502. The lowest BCUT2D eigenvalue weighted by Gasteiger charge is -2.23. The molecule has 7 nitrogen and oxygen atoms in total. The van der Waals surface area contributed by atoms with E-state index in [-0.39, 0.29) is 10.8 Å². The predicted octanol–water partition coefficient (Wildman–Crippen LogP) is 0.811. The summed E-state index contributed by atoms with van der Waals surface area (Å²) in [4.78, 5) is 7.98. The van der Waals surface area contributed by atoms with Gasteiger partial charge in [-0.1, -0.05) is 13.8 Å². The Kier molecular flexibility index (Phi) is 6.31. The summed E-state index contributed by atoms with van der Waals surface area (Å²) in [6, 6.07) is 0. The van der Waals surface area contributed by atoms with E-state index in [0.29, 0.717) is 25.6 Å². The zero-order valence-corrected chi connectivity index (χ0v) is 13.1. The summed E-state index contributed by atoms with van der Waals surface area (Å²) in [5, 5.41) is 2.75. The number of hydrogen-bond donors (Lipinski definition) is 1. The summed E-state index contributed by atoms with van der Waals surface area (Å²) in [5.74, 6) is 0.607. The number of rotatable bonds is 8. The van der Waals surface area contributed by atoms with Gasteiger partial charge in [-0.2, -0.15) is 4.31 Å². The fourth-order valence-electron chi connectivity index (χ4n) is 1.64. The molecule has 114 valence electrons. The van der Waals surface area contributed by atoms with Crippen LogP contribution in [0.1, 0.15) is 13.8 Å². The molecule has 0 spiro atoms. The Morgan fingerprint density at radius 1 is 1.35 bits per heavy atom. The average molecular weight is 302 g/mol. The van der Waals surface area contributed by atoms with Crippen molar-refractivity contribution < 1.29 is 13.2 Å². The lowest BCUT2D eigenvalue weighted by Crippen LogP contribution is -2.36. The van der Waals surface area contributed by atoms with E-state index in [4.69, 9.17) is 4.74 Å². The second kappa shape index (κ2) is 7.51. The van der Waals surface area contributed by atoms with Gasteiger partial charge in [-0.25, -0.2) is 18.4 Å². The molecule has 0 amide bonds. The van der Waals surface area contributed by atoms with E-state index in [1.807, 2.05) is 13.8 Å². The zero-order valence-electron chi connectivity index (χ0n) is 12.3. The third-order valence-corrected chi connectivity index (χ3v) is 4.42. The fourth-order valence-corrected chi connectivity index (χ4v) is 3.12. The lowest BCUT2D eigenvalue weighted by atomic mass is 10.2.